The molecule has 5 nitrogen and oxygen atoms in total. The number of nitrogens with two attached hydrogens (primary N) is 1. The van der Waals surface area contributed by atoms with E-state index in [1.165, 1.54) is 6.08 Å². The van der Waals surface area contributed by atoms with E-state index >= 15 is 0 Å². The highest BCUT2D eigenvalue weighted by Crippen LogP contribution is 2.12. The van der Waals surface area contributed by atoms with Gasteiger partial charge in [-0.2, -0.15) is 0 Å². The van der Waals surface area contributed by atoms with Crippen molar-refractivity contribution in [1.29, 1.82) is 0 Å². The van der Waals surface area contributed by atoms with Crippen molar-refractivity contribution in [2.75, 3.05) is 13.2 Å². The second-order valence-corrected chi connectivity index (χ2v) is 4.30. The van der Waals surface area contributed by atoms with Crippen LogP contribution in [0, 0.1) is 0 Å². The molecule has 0 aliphatic heterocycles. The molecule has 0 bridgehead atoms. The van der Waals surface area contributed by atoms with E-state index in [1.807, 2.05) is 0 Å². The largest absolute Gasteiger partial charge is 0.484 e. The SMILES string of the molecule is CCCCNC(=O)/C=C/c1ccc(OCC(N)=O)cc1. The molecule has 3 N–H and O–H groups in total. The van der Waals surface area contributed by atoms with Crippen LogP contribution in [0.4, 0.5) is 0 Å². The molecule has 5 heteroatoms. The quantitative estimate of drug-likeness (QED) is 0.557. The lowest BCUT2D eigenvalue weighted by Gasteiger charge is -2.03. The molecule has 0 saturated carbocycles. The number of rotatable bonds is 8. The number of primary amides is 1. The third-order valence-corrected chi connectivity index (χ3v) is 2.52. The fraction of sp³-hybridized carbons (Fsp3) is 0.333. The van der Waals surface area contributed by atoms with Crippen molar-refractivity contribution >= 4 is 17.9 Å². The first kappa shape index (κ1) is 15.8. The Morgan fingerprint density at radius 2 is 2.00 bits per heavy atom. The van der Waals surface area contributed by atoms with Crippen LogP contribution in [-0.4, -0.2) is 25.0 Å². The van der Waals surface area contributed by atoms with E-state index in [2.05, 4.69) is 12.2 Å². The number of unbranched alkanes of at least 4 members (excludes halogenated alkanes) is 1. The van der Waals surface area contributed by atoms with E-state index in [0.717, 1.165) is 18.4 Å². The van der Waals surface area contributed by atoms with E-state index in [0.29, 0.717) is 12.3 Å². The predicted octanol–water partition coefficient (Wildman–Crippen LogP) is 1.48. The number of benzene rings is 1. The van der Waals surface area contributed by atoms with Crippen molar-refractivity contribution in [3.8, 4) is 5.75 Å². The summed E-state index contributed by atoms with van der Waals surface area (Å²) in [6.07, 6.45) is 5.25. The Kier molecular flexibility index (Phi) is 6.89. The monoisotopic (exact) mass is 276 g/mol. The molecule has 0 heterocycles. The van der Waals surface area contributed by atoms with Crippen molar-refractivity contribution < 1.29 is 14.3 Å². The van der Waals surface area contributed by atoms with Gasteiger partial charge in [0.25, 0.3) is 5.91 Å². The van der Waals surface area contributed by atoms with Gasteiger partial charge >= 0.3 is 0 Å². The summed E-state index contributed by atoms with van der Waals surface area (Å²) in [7, 11) is 0. The second-order valence-electron chi connectivity index (χ2n) is 4.30. The van der Waals surface area contributed by atoms with Crippen LogP contribution in [0.2, 0.25) is 0 Å². The van der Waals surface area contributed by atoms with Gasteiger partial charge in [0.2, 0.25) is 5.91 Å². The van der Waals surface area contributed by atoms with Crippen molar-refractivity contribution in [2.45, 2.75) is 19.8 Å². The Morgan fingerprint density at radius 3 is 2.60 bits per heavy atom. The lowest BCUT2D eigenvalue weighted by molar-refractivity contribution is -0.120. The number of hydrogen-bond donors (Lipinski definition) is 2. The molecule has 0 radical (unpaired) electrons. The first-order valence-corrected chi connectivity index (χ1v) is 6.59. The first-order valence-electron chi connectivity index (χ1n) is 6.59. The van der Waals surface area contributed by atoms with Gasteiger partial charge in [0.1, 0.15) is 5.75 Å². The number of amides is 2. The molecule has 20 heavy (non-hydrogen) atoms. The Morgan fingerprint density at radius 1 is 1.30 bits per heavy atom. The van der Waals surface area contributed by atoms with Gasteiger partial charge in [0.15, 0.2) is 6.61 Å². The van der Waals surface area contributed by atoms with Crippen LogP contribution in [-0.2, 0) is 9.59 Å². The molecule has 0 atom stereocenters. The minimum Gasteiger partial charge on any atom is -0.484 e. The summed E-state index contributed by atoms with van der Waals surface area (Å²) in [5.41, 5.74) is 5.86. The minimum absolute atomic E-state index is 0.104. The molecule has 0 fully saturated rings. The molecule has 108 valence electrons. The van der Waals surface area contributed by atoms with E-state index in [-0.39, 0.29) is 12.5 Å². The van der Waals surface area contributed by atoms with Crippen LogP contribution in [0.1, 0.15) is 25.3 Å². The zero-order valence-corrected chi connectivity index (χ0v) is 11.6. The van der Waals surface area contributed by atoms with E-state index in [1.54, 1.807) is 30.3 Å². The summed E-state index contributed by atoms with van der Waals surface area (Å²) >= 11 is 0. The third kappa shape index (κ3) is 6.58. The molecule has 0 aliphatic carbocycles. The van der Waals surface area contributed by atoms with E-state index in [4.69, 9.17) is 10.5 Å². The van der Waals surface area contributed by atoms with Gasteiger partial charge in [-0.1, -0.05) is 25.5 Å². The highest BCUT2D eigenvalue weighted by atomic mass is 16.5. The van der Waals surface area contributed by atoms with Crippen molar-refractivity contribution in [1.82, 2.24) is 5.32 Å². The highest BCUT2D eigenvalue weighted by Gasteiger charge is 1.98. The topological polar surface area (TPSA) is 81.4 Å². The average Bonchev–Trinajstić information content (AvgIpc) is 2.44. The van der Waals surface area contributed by atoms with Crippen LogP contribution >= 0.6 is 0 Å². The maximum atomic E-state index is 11.5. The zero-order chi connectivity index (χ0) is 14.8. The molecular formula is C15H20N2O3. The normalized spacial score (nSPS) is 10.4. The summed E-state index contributed by atoms with van der Waals surface area (Å²) in [5, 5.41) is 2.80. The molecule has 1 aromatic rings. The molecule has 0 spiro atoms. The second kappa shape index (κ2) is 8.74. The Labute approximate surface area is 118 Å². The molecule has 1 aromatic carbocycles. The summed E-state index contributed by atoms with van der Waals surface area (Å²) in [4.78, 5) is 22.0. The maximum Gasteiger partial charge on any atom is 0.255 e. The number of nitrogens with one attached hydrogen (secondary N) is 1. The van der Waals surface area contributed by atoms with Gasteiger partial charge in [-0.05, 0) is 30.2 Å². The lowest BCUT2D eigenvalue weighted by atomic mass is 10.2. The standard InChI is InChI=1S/C15H20N2O3/c1-2-3-10-17-15(19)9-6-12-4-7-13(8-5-12)20-11-14(16)18/h4-9H,2-3,10-11H2,1H3,(H2,16,18)(H,17,19)/b9-6+. The zero-order valence-electron chi connectivity index (χ0n) is 11.6. The summed E-state index contributed by atoms with van der Waals surface area (Å²) < 4.78 is 5.14. The summed E-state index contributed by atoms with van der Waals surface area (Å²) in [5.74, 6) is -0.0569. The Balaban J connectivity index is 2.44. The predicted molar refractivity (Wildman–Crippen MR) is 78.1 cm³/mol. The van der Waals surface area contributed by atoms with Crippen LogP contribution in [0.25, 0.3) is 6.08 Å². The van der Waals surface area contributed by atoms with Crippen molar-refractivity contribution in [3.63, 3.8) is 0 Å². The van der Waals surface area contributed by atoms with Gasteiger partial charge in [-0.25, -0.2) is 0 Å². The van der Waals surface area contributed by atoms with Gasteiger partial charge in [0, 0.05) is 12.6 Å². The van der Waals surface area contributed by atoms with Gasteiger partial charge in [0.05, 0.1) is 0 Å². The fourth-order valence-corrected chi connectivity index (χ4v) is 1.45. The van der Waals surface area contributed by atoms with Gasteiger partial charge < -0.3 is 15.8 Å². The van der Waals surface area contributed by atoms with Crippen LogP contribution in [0.5, 0.6) is 5.75 Å². The fourth-order valence-electron chi connectivity index (χ4n) is 1.45. The summed E-state index contributed by atoms with van der Waals surface area (Å²) in [6.45, 7) is 2.62. The number of ether oxygens (including phenoxy) is 1. The van der Waals surface area contributed by atoms with Crippen LogP contribution in [0.15, 0.2) is 30.3 Å². The number of hydrogen-bond acceptors (Lipinski definition) is 3. The van der Waals surface area contributed by atoms with Crippen molar-refractivity contribution in [3.05, 3.63) is 35.9 Å². The Hall–Kier alpha value is -2.30. The molecule has 0 saturated heterocycles. The van der Waals surface area contributed by atoms with Gasteiger partial charge in [-0.15, -0.1) is 0 Å². The molecule has 2 amide bonds. The molecule has 0 aliphatic rings. The van der Waals surface area contributed by atoms with E-state index in [9.17, 15) is 9.59 Å². The first-order chi connectivity index (χ1) is 9.61. The number of carbonyl (C=O) groups is 2. The maximum absolute atomic E-state index is 11.5. The molecule has 0 aromatic heterocycles. The molecular weight excluding hydrogens is 256 g/mol. The van der Waals surface area contributed by atoms with Gasteiger partial charge in [-0.3, -0.25) is 9.59 Å². The average molecular weight is 276 g/mol. The molecule has 0 unspecified atom stereocenters. The highest BCUT2D eigenvalue weighted by molar-refractivity contribution is 5.91. The Bertz CT molecular complexity index is 467. The number of carbonyl (C=O) groups excluding carboxylic acids is 2. The lowest BCUT2D eigenvalue weighted by Crippen LogP contribution is -2.21. The van der Waals surface area contributed by atoms with Crippen LogP contribution < -0.4 is 15.8 Å². The van der Waals surface area contributed by atoms with E-state index < -0.39 is 5.91 Å². The van der Waals surface area contributed by atoms with Crippen molar-refractivity contribution in [2.24, 2.45) is 5.73 Å². The molecule has 1 rings (SSSR count). The minimum atomic E-state index is -0.516. The smallest absolute Gasteiger partial charge is 0.255 e. The van der Waals surface area contributed by atoms with Crippen LogP contribution in [0.3, 0.4) is 0 Å². The third-order valence-electron chi connectivity index (χ3n) is 2.52. The summed E-state index contributed by atoms with van der Waals surface area (Å²) in [6, 6.07) is 7.04.